The Morgan fingerprint density at radius 1 is 0.767 bits per heavy atom. The zero-order chi connectivity index (χ0) is 22.1. The first-order valence-electron chi connectivity index (χ1n) is 10.3. The summed E-state index contributed by atoms with van der Waals surface area (Å²) in [6, 6.07) is 15.0. The van der Waals surface area contributed by atoms with Crippen LogP contribution in [0, 0.1) is 19.8 Å². The van der Waals surface area contributed by atoms with E-state index in [1.807, 2.05) is 69.3 Å². The molecule has 0 aliphatic rings. The van der Waals surface area contributed by atoms with Gasteiger partial charge in [0, 0.05) is 25.9 Å². The lowest BCUT2D eigenvalue weighted by atomic mass is 10.0. The predicted molar refractivity (Wildman–Crippen MR) is 117 cm³/mol. The summed E-state index contributed by atoms with van der Waals surface area (Å²) in [7, 11) is 0. The first kappa shape index (κ1) is 23.6. The topological polar surface area (TPSA) is 98.7 Å². The number of aliphatic hydroxyl groups is 2. The third-order valence-corrected chi connectivity index (χ3v) is 5.15. The van der Waals surface area contributed by atoms with E-state index in [-0.39, 0.29) is 43.7 Å². The van der Waals surface area contributed by atoms with Gasteiger partial charge in [-0.05, 0) is 42.0 Å². The van der Waals surface area contributed by atoms with Crippen molar-refractivity contribution in [3.63, 3.8) is 0 Å². The van der Waals surface area contributed by atoms with Crippen LogP contribution < -0.4 is 10.6 Å². The summed E-state index contributed by atoms with van der Waals surface area (Å²) in [6.07, 6.45) is -1.16. The van der Waals surface area contributed by atoms with Crippen LogP contribution in [0.1, 0.15) is 54.2 Å². The summed E-state index contributed by atoms with van der Waals surface area (Å²) in [5.41, 5.74) is 3.52. The standard InChI is InChI=1S/C24H32N2O4/c1-16(12-23(29)25-14-21(27)19-10-6-4-8-17(19)2)13-24(30)26-15-22(28)20-11-7-5-9-18(20)3/h4-11,16,21-22,27-28H,12-15H2,1-3H3,(H,25,29)(H,26,30). The Kier molecular flexibility index (Phi) is 9.02. The molecule has 4 N–H and O–H groups in total. The molecular formula is C24H32N2O4. The van der Waals surface area contributed by atoms with Gasteiger partial charge in [0.1, 0.15) is 0 Å². The zero-order valence-electron chi connectivity index (χ0n) is 17.9. The molecule has 0 bridgehead atoms. The van der Waals surface area contributed by atoms with Crippen molar-refractivity contribution in [1.82, 2.24) is 10.6 Å². The molecule has 2 amide bonds. The molecule has 0 aliphatic carbocycles. The molecule has 0 aliphatic heterocycles. The number of carbonyl (C=O) groups excluding carboxylic acids is 2. The third-order valence-electron chi connectivity index (χ3n) is 5.15. The largest absolute Gasteiger partial charge is 0.387 e. The molecule has 0 saturated heterocycles. The van der Waals surface area contributed by atoms with Crippen LogP contribution >= 0.6 is 0 Å². The number of nitrogens with one attached hydrogen (secondary N) is 2. The van der Waals surface area contributed by atoms with E-state index >= 15 is 0 Å². The smallest absolute Gasteiger partial charge is 0.220 e. The van der Waals surface area contributed by atoms with Crippen LogP contribution in [0.5, 0.6) is 0 Å². The molecule has 162 valence electrons. The molecule has 0 radical (unpaired) electrons. The van der Waals surface area contributed by atoms with Gasteiger partial charge in [-0.2, -0.15) is 0 Å². The minimum atomic E-state index is -0.767. The van der Waals surface area contributed by atoms with Crippen molar-refractivity contribution < 1.29 is 19.8 Å². The number of amides is 2. The average Bonchev–Trinajstić information content (AvgIpc) is 2.70. The number of hydrogen-bond donors (Lipinski definition) is 4. The van der Waals surface area contributed by atoms with Crippen LogP contribution in [0.15, 0.2) is 48.5 Å². The van der Waals surface area contributed by atoms with Crippen LogP contribution in [-0.2, 0) is 9.59 Å². The minimum absolute atomic E-state index is 0.130. The molecule has 6 nitrogen and oxygen atoms in total. The number of aliphatic hydroxyl groups excluding tert-OH is 2. The van der Waals surface area contributed by atoms with Crippen molar-refractivity contribution in [2.24, 2.45) is 5.92 Å². The summed E-state index contributed by atoms with van der Waals surface area (Å²) in [4.78, 5) is 24.3. The lowest BCUT2D eigenvalue weighted by molar-refractivity contribution is -0.124. The van der Waals surface area contributed by atoms with Gasteiger partial charge < -0.3 is 20.8 Å². The van der Waals surface area contributed by atoms with E-state index in [9.17, 15) is 19.8 Å². The Labute approximate surface area is 178 Å². The molecule has 30 heavy (non-hydrogen) atoms. The Hall–Kier alpha value is -2.70. The molecule has 2 atom stereocenters. The van der Waals surface area contributed by atoms with Gasteiger partial charge in [-0.1, -0.05) is 55.5 Å². The van der Waals surface area contributed by atoms with Gasteiger partial charge in [0.05, 0.1) is 12.2 Å². The maximum Gasteiger partial charge on any atom is 0.220 e. The normalized spacial score (nSPS) is 13.9. The predicted octanol–water partition coefficient (Wildman–Crippen LogP) is 2.72. The SMILES string of the molecule is Cc1ccccc1C(O)CNC(=O)CC(C)CC(=O)NCC(O)c1ccccc1C. The Balaban J connectivity index is 1.70. The second kappa shape index (κ2) is 11.5. The molecule has 0 heterocycles. The summed E-state index contributed by atoms with van der Waals surface area (Å²) in [5, 5.41) is 26.0. The Morgan fingerprint density at radius 2 is 1.13 bits per heavy atom. The molecule has 0 fully saturated rings. The van der Waals surface area contributed by atoms with Gasteiger partial charge in [0.25, 0.3) is 0 Å². The van der Waals surface area contributed by atoms with Crippen molar-refractivity contribution in [3.8, 4) is 0 Å². The van der Waals surface area contributed by atoms with E-state index in [4.69, 9.17) is 0 Å². The van der Waals surface area contributed by atoms with Crippen molar-refractivity contribution in [2.45, 2.75) is 45.8 Å². The number of hydrogen-bond acceptors (Lipinski definition) is 4. The molecule has 2 rings (SSSR count). The maximum absolute atomic E-state index is 12.2. The van der Waals surface area contributed by atoms with Gasteiger partial charge in [0.2, 0.25) is 11.8 Å². The van der Waals surface area contributed by atoms with Crippen molar-refractivity contribution in [3.05, 3.63) is 70.8 Å². The van der Waals surface area contributed by atoms with E-state index < -0.39 is 12.2 Å². The molecule has 2 aromatic rings. The maximum atomic E-state index is 12.2. The molecular weight excluding hydrogens is 380 g/mol. The van der Waals surface area contributed by atoms with E-state index in [0.29, 0.717) is 0 Å². The fraction of sp³-hybridized carbons (Fsp3) is 0.417. The Bertz CT molecular complexity index is 783. The van der Waals surface area contributed by atoms with Crippen LogP contribution in [0.2, 0.25) is 0 Å². The first-order chi connectivity index (χ1) is 14.3. The zero-order valence-corrected chi connectivity index (χ0v) is 17.9. The van der Waals surface area contributed by atoms with Gasteiger partial charge in [-0.25, -0.2) is 0 Å². The monoisotopic (exact) mass is 412 g/mol. The summed E-state index contributed by atoms with van der Waals surface area (Å²) in [5.74, 6) is -0.568. The molecule has 2 unspecified atom stereocenters. The highest BCUT2D eigenvalue weighted by atomic mass is 16.3. The van der Waals surface area contributed by atoms with Crippen LogP contribution in [-0.4, -0.2) is 35.1 Å². The van der Waals surface area contributed by atoms with E-state index in [1.54, 1.807) is 0 Å². The number of carbonyl (C=O) groups is 2. The van der Waals surface area contributed by atoms with Gasteiger partial charge in [0.15, 0.2) is 0 Å². The second-order valence-electron chi connectivity index (χ2n) is 7.87. The lowest BCUT2D eigenvalue weighted by Crippen LogP contribution is -2.32. The molecule has 0 aromatic heterocycles. The highest BCUT2D eigenvalue weighted by Crippen LogP contribution is 2.17. The highest BCUT2D eigenvalue weighted by molar-refractivity contribution is 5.79. The fourth-order valence-corrected chi connectivity index (χ4v) is 3.41. The van der Waals surface area contributed by atoms with E-state index in [1.165, 1.54) is 0 Å². The Morgan fingerprint density at radius 3 is 1.50 bits per heavy atom. The van der Waals surface area contributed by atoms with Crippen molar-refractivity contribution in [2.75, 3.05) is 13.1 Å². The number of aryl methyl sites for hydroxylation is 2. The van der Waals surface area contributed by atoms with Gasteiger partial charge >= 0.3 is 0 Å². The molecule has 6 heteroatoms. The van der Waals surface area contributed by atoms with E-state index in [2.05, 4.69) is 10.6 Å². The lowest BCUT2D eigenvalue weighted by Gasteiger charge is -2.17. The third kappa shape index (κ3) is 7.28. The fourth-order valence-electron chi connectivity index (χ4n) is 3.41. The van der Waals surface area contributed by atoms with E-state index in [0.717, 1.165) is 22.3 Å². The summed E-state index contributed by atoms with van der Waals surface area (Å²) < 4.78 is 0. The minimum Gasteiger partial charge on any atom is -0.387 e. The van der Waals surface area contributed by atoms with Gasteiger partial charge in [-0.15, -0.1) is 0 Å². The first-order valence-corrected chi connectivity index (χ1v) is 10.3. The molecule has 2 aromatic carbocycles. The van der Waals surface area contributed by atoms with Crippen LogP contribution in [0.25, 0.3) is 0 Å². The molecule has 0 saturated carbocycles. The summed E-state index contributed by atoms with van der Waals surface area (Å²) in [6.45, 7) is 5.92. The van der Waals surface area contributed by atoms with Gasteiger partial charge in [-0.3, -0.25) is 9.59 Å². The van der Waals surface area contributed by atoms with Crippen molar-refractivity contribution in [1.29, 1.82) is 0 Å². The summed E-state index contributed by atoms with van der Waals surface area (Å²) >= 11 is 0. The second-order valence-corrected chi connectivity index (χ2v) is 7.87. The number of rotatable bonds is 10. The number of benzene rings is 2. The molecule has 0 spiro atoms. The van der Waals surface area contributed by atoms with Crippen LogP contribution in [0.4, 0.5) is 0 Å². The highest BCUT2D eigenvalue weighted by Gasteiger charge is 2.17. The quantitative estimate of drug-likeness (QED) is 0.482. The van der Waals surface area contributed by atoms with Crippen molar-refractivity contribution >= 4 is 11.8 Å². The van der Waals surface area contributed by atoms with Crippen LogP contribution in [0.3, 0.4) is 0 Å². The average molecular weight is 413 g/mol.